The highest BCUT2D eigenvalue weighted by atomic mass is 16.5. The Morgan fingerprint density at radius 1 is 1.29 bits per heavy atom. The number of aliphatic hydroxyl groups excluding tert-OH is 2. The molecule has 0 aliphatic carbocycles. The highest BCUT2D eigenvalue weighted by Gasteiger charge is 2.01. The van der Waals surface area contributed by atoms with Crippen molar-refractivity contribution in [1.82, 2.24) is 0 Å². The maximum absolute atomic E-state index is 8.97. The van der Waals surface area contributed by atoms with E-state index in [4.69, 9.17) is 14.9 Å². The Bertz CT molecular complexity index is 103. The molecule has 0 aliphatic rings. The standard InChI is InChI=1S/C11H24O3/c1-3-10(2)6-4-5-7-14-9-11(13)8-12/h10-13H,3-9H2,1-2H3. The van der Waals surface area contributed by atoms with Crippen molar-refractivity contribution in [3.8, 4) is 0 Å². The van der Waals surface area contributed by atoms with Crippen molar-refractivity contribution in [3.63, 3.8) is 0 Å². The monoisotopic (exact) mass is 204 g/mol. The van der Waals surface area contributed by atoms with E-state index in [1.807, 2.05) is 0 Å². The zero-order chi connectivity index (χ0) is 10.8. The Balaban J connectivity index is 3.06. The summed E-state index contributed by atoms with van der Waals surface area (Å²) in [5.41, 5.74) is 0. The Hall–Kier alpha value is -0.120. The van der Waals surface area contributed by atoms with E-state index in [2.05, 4.69) is 13.8 Å². The minimum atomic E-state index is -0.718. The molecule has 0 aromatic carbocycles. The topological polar surface area (TPSA) is 49.7 Å². The molecule has 86 valence electrons. The minimum Gasteiger partial charge on any atom is -0.394 e. The summed E-state index contributed by atoms with van der Waals surface area (Å²) in [5.74, 6) is 0.804. The maximum Gasteiger partial charge on any atom is 0.100 e. The fourth-order valence-corrected chi connectivity index (χ4v) is 1.17. The van der Waals surface area contributed by atoms with Gasteiger partial charge in [-0.2, -0.15) is 0 Å². The molecule has 0 amide bonds. The molecule has 3 heteroatoms. The van der Waals surface area contributed by atoms with E-state index >= 15 is 0 Å². The second-order valence-corrected chi connectivity index (χ2v) is 3.92. The number of rotatable bonds is 9. The van der Waals surface area contributed by atoms with Crippen LogP contribution in [0.4, 0.5) is 0 Å². The third-order valence-electron chi connectivity index (χ3n) is 2.45. The van der Waals surface area contributed by atoms with E-state index in [-0.39, 0.29) is 13.2 Å². The summed E-state index contributed by atoms with van der Waals surface area (Å²) in [4.78, 5) is 0. The molecular weight excluding hydrogens is 180 g/mol. The van der Waals surface area contributed by atoms with Crippen molar-refractivity contribution in [3.05, 3.63) is 0 Å². The van der Waals surface area contributed by atoms with Crippen LogP contribution in [0.5, 0.6) is 0 Å². The lowest BCUT2D eigenvalue weighted by atomic mass is 10.0. The van der Waals surface area contributed by atoms with Gasteiger partial charge in [0.2, 0.25) is 0 Å². The van der Waals surface area contributed by atoms with Gasteiger partial charge in [-0.05, 0) is 12.3 Å². The third-order valence-corrected chi connectivity index (χ3v) is 2.45. The molecule has 2 unspecified atom stereocenters. The Labute approximate surface area is 87.1 Å². The van der Waals surface area contributed by atoms with Gasteiger partial charge in [0.1, 0.15) is 6.10 Å². The van der Waals surface area contributed by atoms with Crippen LogP contribution in [-0.4, -0.2) is 36.1 Å². The molecule has 0 rings (SSSR count). The molecule has 0 fully saturated rings. The summed E-state index contributed by atoms with van der Waals surface area (Å²) >= 11 is 0. The third kappa shape index (κ3) is 8.48. The van der Waals surface area contributed by atoms with Crippen LogP contribution in [0.25, 0.3) is 0 Å². The number of ether oxygens (including phenoxy) is 1. The van der Waals surface area contributed by atoms with E-state index in [0.29, 0.717) is 6.61 Å². The zero-order valence-corrected chi connectivity index (χ0v) is 9.41. The lowest BCUT2D eigenvalue weighted by Crippen LogP contribution is -2.19. The normalized spacial score (nSPS) is 15.4. The first-order valence-electron chi connectivity index (χ1n) is 5.57. The lowest BCUT2D eigenvalue weighted by Gasteiger charge is -2.09. The van der Waals surface area contributed by atoms with Gasteiger partial charge in [-0.3, -0.25) is 0 Å². The van der Waals surface area contributed by atoms with Crippen LogP contribution >= 0.6 is 0 Å². The second kappa shape index (κ2) is 9.44. The fourth-order valence-electron chi connectivity index (χ4n) is 1.17. The van der Waals surface area contributed by atoms with Crippen molar-refractivity contribution in [1.29, 1.82) is 0 Å². The minimum absolute atomic E-state index is 0.215. The Morgan fingerprint density at radius 3 is 2.57 bits per heavy atom. The molecule has 0 saturated carbocycles. The van der Waals surface area contributed by atoms with Crippen LogP contribution < -0.4 is 0 Å². The van der Waals surface area contributed by atoms with Crippen molar-refractivity contribution in [2.75, 3.05) is 19.8 Å². The molecule has 0 aromatic rings. The van der Waals surface area contributed by atoms with Gasteiger partial charge in [0.05, 0.1) is 13.2 Å². The molecule has 0 saturated heterocycles. The summed E-state index contributed by atoms with van der Waals surface area (Å²) < 4.78 is 5.19. The van der Waals surface area contributed by atoms with Crippen LogP contribution in [0.1, 0.15) is 39.5 Å². The highest BCUT2D eigenvalue weighted by Crippen LogP contribution is 2.10. The van der Waals surface area contributed by atoms with Crippen molar-refractivity contribution in [2.45, 2.75) is 45.6 Å². The van der Waals surface area contributed by atoms with Crippen molar-refractivity contribution in [2.24, 2.45) is 5.92 Å². The van der Waals surface area contributed by atoms with Gasteiger partial charge in [0.25, 0.3) is 0 Å². The van der Waals surface area contributed by atoms with Gasteiger partial charge in [0, 0.05) is 6.61 Å². The highest BCUT2D eigenvalue weighted by molar-refractivity contribution is 4.52. The largest absolute Gasteiger partial charge is 0.394 e. The van der Waals surface area contributed by atoms with Gasteiger partial charge in [-0.25, -0.2) is 0 Å². The maximum atomic E-state index is 8.97. The molecule has 3 nitrogen and oxygen atoms in total. The van der Waals surface area contributed by atoms with E-state index in [1.165, 1.54) is 19.3 Å². The summed E-state index contributed by atoms with van der Waals surface area (Å²) in [6.07, 6.45) is 4.00. The lowest BCUT2D eigenvalue weighted by molar-refractivity contribution is 0.00512. The molecule has 0 heterocycles. The van der Waals surface area contributed by atoms with Gasteiger partial charge in [-0.1, -0.05) is 33.1 Å². The molecule has 0 aliphatic heterocycles. The fraction of sp³-hybridized carbons (Fsp3) is 1.00. The van der Waals surface area contributed by atoms with Crippen LogP contribution in [0.2, 0.25) is 0 Å². The molecule has 0 radical (unpaired) electrons. The summed E-state index contributed by atoms with van der Waals surface area (Å²) in [6.45, 7) is 5.19. The molecule has 2 N–H and O–H groups in total. The summed E-state index contributed by atoms with van der Waals surface area (Å²) in [6, 6.07) is 0. The SMILES string of the molecule is CCC(C)CCCCOCC(O)CO. The Kier molecular flexibility index (Phi) is 9.35. The number of hydrogen-bond acceptors (Lipinski definition) is 3. The second-order valence-electron chi connectivity index (χ2n) is 3.92. The average Bonchev–Trinajstić information content (AvgIpc) is 2.22. The quantitative estimate of drug-likeness (QED) is 0.561. The number of hydrogen-bond donors (Lipinski definition) is 2. The molecule has 2 atom stereocenters. The predicted molar refractivity (Wildman–Crippen MR) is 57.2 cm³/mol. The Morgan fingerprint density at radius 2 is 2.00 bits per heavy atom. The van der Waals surface area contributed by atoms with Crippen LogP contribution in [0.3, 0.4) is 0 Å². The van der Waals surface area contributed by atoms with E-state index < -0.39 is 6.10 Å². The van der Waals surface area contributed by atoms with Gasteiger partial charge in [0.15, 0.2) is 0 Å². The predicted octanol–water partition coefficient (Wildman–Crippen LogP) is 1.57. The van der Waals surface area contributed by atoms with Crippen molar-refractivity contribution >= 4 is 0 Å². The molecular formula is C11H24O3. The molecule has 0 spiro atoms. The van der Waals surface area contributed by atoms with Crippen LogP contribution in [-0.2, 0) is 4.74 Å². The summed E-state index contributed by atoms with van der Waals surface area (Å²) in [5, 5.41) is 17.5. The van der Waals surface area contributed by atoms with E-state index in [1.54, 1.807) is 0 Å². The average molecular weight is 204 g/mol. The molecule has 14 heavy (non-hydrogen) atoms. The zero-order valence-electron chi connectivity index (χ0n) is 9.41. The van der Waals surface area contributed by atoms with Gasteiger partial charge < -0.3 is 14.9 Å². The molecule has 0 bridgehead atoms. The smallest absolute Gasteiger partial charge is 0.100 e. The van der Waals surface area contributed by atoms with E-state index in [0.717, 1.165) is 12.3 Å². The van der Waals surface area contributed by atoms with E-state index in [9.17, 15) is 0 Å². The van der Waals surface area contributed by atoms with Crippen LogP contribution in [0, 0.1) is 5.92 Å². The number of aliphatic hydroxyl groups is 2. The number of unbranched alkanes of at least 4 members (excludes halogenated alkanes) is 1. The first kappa shape index (κ1) is 13.9. The summed E-state index contributed by atoms with van der Waals surface area (Å²) in [7, 11) is 0. The van der Waals surface area contributed by atoms with Crippen molar-refractivity contribution < 1.29 is 14.9 Å². The van der Waals surface area contributed by atoms with Gasteiger partial charge in [-0.15, -0.1) is 0 Å². The van der Waals surface area contributed by atoms with Gasteiger partial charge >= 0.3 is 0 Å². The molecule has 0 aromatic heterocycles. The first-order chi connectivity index (χ1) is 6.70. The van der Waals surface area contributed by atoms with Crippen LogP contribution in [0.15, 0.2) is 0 Å². The first-order valence-corrected chi connectivity index (χ1v) is 5.57.